The highest BCUT2D eigenvalue weighted by molar-refractivity contribution is 6.03. The van der Waals surface area contributed by atoms with Crippen molar-refractivity contribution >= 4 is 17.6 Å². The van der Waals surface area contributed by atoms with Crippen LogP contribution >= 0.6 is 0 Å². The second-order valence-electron chi connectivity index (χ2n) is 8.10. The molecule has 0 radical (unpaired) electrons. The minimum atomic E-state index is -0.783. The van der Waals surface area contributed by atoms with Crippen molar-refractivity contribution in [3.8, 4) is 5.75 Å². The normalized spacial score (nSPS) is 26.4. The number of carbonyl (C=O) groups is 2. The lowest BCUT2D eigenvalue weighted by atomic mass is 9.78. The molecule has 1 fully saturated rings. The van der Waals surface area contributed by atoms with Gasteiger partial charge in [-0.15, -0.1) is 0 Å². The molecule has 152 valence electrons. The third-order valence-corrected chi connectivity index (χ3v) is 6.20. The Bertz CT molecular complexity index is 886. The zero-order valence-corrected chi connectivity index (χ0v) is 16.9. The van der Waals surface area contributed by atoms with Crippen molar-refractivity contribution in [2.45, 2.75) is 45.3 Å². The van der Waals surface area contributed by atoms with Crippen LogP contribution in [0.1, 0.15) is 44.8 Å². The summed E-state index contributed by atoms with van der Waals surface area (Å²) in [4.78, 5) is 31.8. The van der Waals surface area contributed by atoms with Crippen LogP contribution in [0.3, 0.4) is 0 Å². The van der Waals surface area contributed by atoms with Crippen LogP contribution in [0.5, 0.6) is 5.75 Å². The molecule has 1 aromatic carbocycles. The van der Waals surface area contributed by atoms with Crippen LogP contribution in [0.4, 0.5) is 5.82 Å². The first-order valence-electron chi connectivity index (χ1n) is 10.3. The zero-order valence-electron chi connectivity index (χ0n) is 16.9. The number of nitrogens with one attached hydrogen (secondary N) is 1. The van der Waals surface area contributed by atoms with Crippen LogP contribution in [0, 0.1) is 11.8 Å². The molecule has 6 nitrogen and oxygen atoms in total. The lowest BCUT2D eigenvalue weighted by Gasteiger charge is -2.36. The molecule has 2 heterocycles. The number of nitrogens with zero attached hydrogens (tertiary/aromatic N) is 2. The predicted molar refractivity (Wildman–Crippen MR) is 111 cm³/mol. The lowest BCUT2D eigenvalue weighted by molar-refractivity contribution is -0.129. The third-order valence-electron chi connectivity index (χ3n) is 6.20. The van der Waals surface area contributed by atoms with Crippen molar-refractivity contribution < 1.29 is 14.3 Å². The topological polar surface area (TPSA) is 71.5 Å². The summed E-state index contributed by atoms with van der Waals surface area (Å²) in [6.07, 6.45) is 4.12. The smallest absolute Gasteiger partial charge is 0.274 e. The first kappa shape index (κ1) is 19.4. The van der Waals surface area contributed by atoms with Gasteiger partial charge in [0.2, 0.25) is 12.0 Å². The van der Waals surface area contributed by atoms with Crippen molar-refractivity contribution in [3.05, 3.63) is 54.2 Å². The summed E-state index contributed by atoms with van der Waals surface area (Å²) in [7, 11) is 0. The highest BCUT2D eigenvalue weighted by atomic mass is 16.5. The van der Waals surface area contributed by atoms with Crippen molar-refractivity contribution in [2.24, 2.45) is 11.8 Å². The zero-order chi connectivity index (χ0) is 20.4. The monoisotopic (exact) mass is 393 g/mol. The number of hydrogen-bond acceptors (Lipinski definition) is 4. The van der Waals surface area contributed by atoms with Crippen molar-refractivity contribution in [1.82, 2.24) is 10.3 Å². The predicted octanol–water partition coefficient (Wildman–Crippen LogP) is 3.49. The van der Waals surface area contributed by atoms with E-state index in [4.69, 9.17) is 4.74 Å². The van der Waals surface area contributed by atoms with E-state index >= 15 is 0 Å². The molecule has 1 N–H and O–H groups in total. The number of aromatic nitrogens is 1. The van der Waals surface area contributed by atoms with Crippen LogP contribution in [-0.2, 0) is 9.59 Å². The fraction of sp³-hybridized carbons (Fsp3) is 0.435. The standard InChI is InChI=1S/C23H27N3O3/c1-15-8-6-11-18(16(15)2)25-20(27)14-26-22-19(12-7-13-24-22)29-21(23(26)28)17-9-4-3-5-10-17/h3-5,7,9-10,12-13,15-16,18,21H,6,8,11,14H2,1-2H3,(H,25,27). The molecule has 4 rings (SSSR count). The van der Waals surface area contributed by atoms with Gasteiger partial charge < -0.3 is 10.1 Å². The van der Waals surface area contributed by atoms with Crippen LogP contribution in [-0.4, -0.2) is 29.4 Å². The number of carbonyl (C=O) groups excluding carboxylic acids is 2. The Morgan fingerprint density at radius 2 is 1.97 bits per heavy atom. The molecule has 2 aromatic rings. The summed E-state index contributed by atoms with van der Waals surface area (Å²) in [5.41, 5.74) is 0.757. The minimum Gasteiger partial charge on any atom is -0.472 e. The maximum atomic E-state index is 13.2. The highest BCUT2D eigenvalue weighted by Crippen LogP contribution is 2.37. The molecule has 0 saturated heterocycles. The van der Waals surface area contributed by atoms with Crippen molar-refractivity contribution in [2.75, 3.05) is 11.4 Å². The van der Waals surface area contributed by atoms with Crippen LogP contribution in [0.2, 0.25) is 0 Å². The van der Waals surface area contributed by atoms with Gasteiger partial charge in [0.15, 0.2) is 11.6 Å². The second-order valence-corrected chi connectivity index (χ2v) is 8.10. The fourth-order valence-electron chi connectivity index (χ4n) is 4.27. The lowest BCUT2D eigenvalue weighted by Crippen LogP contribution is -2.50. The van der Waals surface area contributed by atoms with E-state index in [0.717, 1.165) is 18.4 Å². The number of ether oxygens (including phenoxy) is 1. The van der Waals surface area contributed by atoms with Gasteiger partial charge in [-0.1, -0.05) is 57.0 Å². The Labute approximate surface area is 171 Å². The summed E-state index contributed by atoms with van der Waals surface area (Å²) >= 11 is 0. The molecule has 1 aromatic heterocycles. The molecule has 4 atom stereocenters. The van der Waals surface area contributed by atoms with Gasteiger partial charge in [-0.25, -0.2) is 4.98 Å². The summed E-state index contributed by atoms with van der Waals surface area (Å²) in [6, 6.07) is 13.0. The maximum absolute atomic E-state index is 13.2. The molecule has 1 saturated carbocycles. The first-order valence-corrected chi connectivity index (χ1v) is 10.3. The highest BCUT2D eigenvalue weighted by Gasteiger charge is 2.38. The van der Waals surface area contributed by atoms with Gasteiger partial charge in [-0.05, 0) is 30.4 Å². The minimum absolute atomic E-state index is 0.0624. The summed E-state index contributed by atoms with van der Waals surface area (Å²) in [5, 5.41) is 3.15. The second kappa shape index (κ2) is 8.23. The number of amides is 2. The third kappa shape index (κ3) is 3.97. The maximum Gasteiger partial charge on any atom is 0.274 e. The van der Waals surface area contributed by atoms with E-state index in [-0.39, 0.29) is 24.4 Å². The van der Waals surface area contributed by atoms with Crippen LogP contribution in [0.15, 0.2) is 48.7 Å². The molecular weight excluding hydrogens is 366 g/mol. The molecule has 6 heteroatoms. The number of anilines is 1. The van der Waals surface area contributed by atoms with Gasteiger partial charge in [0.05, 0.1) is 0 Å². The summed E-state index contributed by atoms with van der Waals surface area (Å²) in [5.74, 6) is 1.48. The van der Waals surface area contributed by atoms with E-state index in [1.165, 1.54) is 11.3 Å². The Balaban J connectivity index is 1.55. The Hall–Kier alpha value is -2.89. The van der Waals surface area contributed by atoms with Gasteiger partial charge in [0.1, 0.15) is 6.54 Å². The molecule has 1 aliphatic carbocycles. The van der Waals surface area contributed by atoms with E-state index in [9.17, 15) is 9.59 Å². The van der Waals surface area contributed by atoms with Crippen LogP contribution in [0.25, 0.3) is 0 Å². The molecule has 4 unspecified atom stereocenters. The summed E-state index contributed by atoms with van der Waals surface area (Å²) in [6.45, 7) is 4.36. The fourth-order valence-corrected chi connectivity index (χ4v) is 4.27. The van der Waals surface area contributed by atoms with Crippen molar-refractivity contribution in [1.29, 1.82) is 0 Å². The molecule has 0 spiro atoms. The molecule has 2 aliphatic rings. The van der Waals surface area contributed by atoms with Gasteiger partial charge in [-0.2, -0.15) is 0 Å². The Morgan fingerprint density at radius 3 is 2.76 bits per heavy atom. The number of rotatable bonds is 4. The van der Waals surface area contributed by atoms with Gasteiger partial charge in [0.25, 0.3) is 5.91 Å². The molecule has 29 heavy (non-hydrogen) atoms. The van der Waals surface area contributed by atoms with E-state index in [1.54, 1.807) is 18.3 Å². The number of benzene rings is 1. The van der Waals surface area contributed by atoms with Gasteiger partial charge in [0, 0.05) is 17.8 Å². The quantitative estimate of drug-likeness (QED) is 0.863. The Morgan fingerprint density at radius 1 is 1.17 bits per heavy atom. The molecule has 2 amide bonds. The van der Waals surface area contributed by atoms with Gasteiger partial charge >= 0.3 is 0 Å². The average Bonchev–Trinajstić information content (AvgIpc) is 2.74. The van der Waals surface area contributed by atoms with E-state index in [0.29, 0.717) is 23.4 Å². The Kier molecular flexibility index (Phi) is 5.51. The molecule has 0 bridgehead atoms. The van der Waals surface area contributed by atoms with Crippen molar-refractivity contribution in [3.63, 3.8) is 0 Å². The van der Waals surface area contributed by atoms with Crippen LogP contribution < -0.4 is 15.0 Å². The summed E-state index contributed by atoms with van der Waals surface area (Å²) < 4.78 is 5.94. The SMILES string of the molecule is CC1CCCC(NC(=O)CN2C(=O)C(c3ccccc3)Oc3cccnc32)C1C. The number of hydrogen-bond donors (Lipinski definition) is 1. The van der Waals surface area contributed by atoms with E-state index in [1.807, 2.05) is 30.3 Å². The molecular formula is C23H27N3O3. The largest absolute Gasteiger partial charge is 0.472 e. The molecule has 1 aliphatic heterocycles. The number of pyridine rings is 1. The number of fused-ring (bicyclic) bond motifs is 1. The van der Waals surface area contributed by atoms with E-state index in [2.05, 4.69) is 24.1 Å². The first-order chi connectivity index (χ1) is 14.0. The van der Waals surface area contributed by atoms with E-state index < -0.39 is 6.10 Å². The van der Waals surface area contributed by atoms with Gasteiger partial charge in [-0.3, -0.25) is 14.5 Å². The average molecular weight is 393 g/mol.